The second-order valence-corrected chi connectivity index (χ2v) is 7.18. The van der Waals surface area contributed by atoms with E-state index in [2.05, 4.69) is 29.0 Å². The van der Waals surface area contributed by atoms with E-state index in [-0.39, 0.29) is 6.09 Å². The van der Waals surface area contributed by atoms with Gasteiger partial charge in [0.05, 0.1) is 0 Å². The maximum absolute atomic E-state index is 11.6. The molecule has 0 aromatic heterocycles. The average Bonchev–Trinajstić information content (AvgIpc) is 2.44. The fraction of sp³-hybridized carbons (Fsp3) is 0.588. The van der Waals surface area contributed by atoms with Crippen LogP contribution in [-0.2, 0) is 17.8 Å². The molecule has 4 nitrogen and oxygen atoms in total. The maximum atomic E-state index is 11.6. The molecule has 0 heterocycles. The highest BCUT2D eigenvalue weighted by Crippen LogP contribution is 2.08. The summed E-state index contributed by atoms with van der Waals surface area (Å²) in [6, 6.07) is 8.26. The van der Waals surface area contributed by atoms with Gasteiger partial charge in [0.1, 0.15) is 5.60 Å². The van der Waals surface area contributed by atoms with Crippen molar-refractivity contribution < 1.29 is 9.53 Å². The molecule has 0 saturated heterocycles. The van der Waals surface area contributed by atoms with Gasteiger partial charge in [-0.3, -0.25) is 0 Å². The minimum atomic E-state index is -0.462. The minimum Gasteiger partial charge on any atom is -0.444 e. The van der Waals surface area contributed by atoms with Crippen molar-refractivity contribution in [2.45, 2.75) is 45.9 Å². The Morgan fingerprint density at radius 3 is 2.27 bits per heavy atom. The van der Waals surface area contributed by atoms with Gasteiger partial charge < -0.3 is 15.4 Å². The highest BCUT2D eigenvalue weighted by atomic mass is 32.2. The monoisotopic (exact) mass is 324 g/mol. The van der Waals surface area contributed by atoms with Crippen LogP contribution >= 0.6 is 11.8 Å². The molecule has 0 spiro atoms. The van der Waals surface area contributed by atoms with Gasteiger partial charge in [0.2, 0.25) is 0 Å². The molecule has 0 saturated carbocycles. The van der Waals surface area contributed by atoms with E-state index in [1.54, 1.807) is 0 Å². The van der Waals surface area contributed by atoms with Crippen molar-refractivity contribution in [1.82, 2.24) is 10.6 Å². The van der Waals surface area contributed by atoms with Gasteiger partial charge in [-0.15, -0.1) is 0 Å². The average molecular weight is 324 g/mol. The van der Waals surface area contributed by atoms with Crippen molar-refractivity contribution in [3.8, 4) is 0 Å². The largest absolute Gasteiger partial charge is 0.444 e. The molecule has 22 heavy (non-hydrogen) atoms. The zero-order valence-corrected chi connectivity index (χ0v) is 14.9. The molecule has 0 fully saturated rings. The fourth-order valence-electron chi connectivity index (χ4n) is 1.84. The predicted octanol–water partition coefficient (Wildman–Crippen LogP) is 3.55. The SMILES string of the molecule is CSCCCNCc1ccc(CNC(=O)OC(C)(C)C)cc1. The lowest BCUT2D eigenvalue weighted by molar-refractivity contribution is 0.0523. The van der Waals surface area contributed by atoms with Crippen LogP contribution in [0, 0.1) is 0 Å². The predicted molar refractivity (Wildman–Crippen MR) is 94.2 cm³/mol. The second kappa shape index (κ2) is 9.74. The Kier molecular flexibility index (Phi) is 8.35. The topological polar surface area (TPSA) is 50.4 Å². The number of alkyl carbamates (subject to hydrolysis) is 1. The van der Waals surface area contributed by atoms with Gasteiger partial charge in [-0.1, -0.05) is 24.3 Å². The summed E-state index contributed by atoms with van der Waals surface area (Å²) in [5, 5.41) is 6.19. The first-order valence-electron chi connectivity index (χ1n) is 7.65. The highest BCUT2D eigenvalue weighted by Gasteiger charge is 2.15. The van der Waals surface area contributed by atoms with Gasteiger partial charge in [0.15, 0.2) is 0 Å². The van der Waals surface area contributed by atoms with Crippen LogP contribution in [-0.4, -0.2) is 30.2 Å². The summed E-state index contributed by atoms with van der Waals surface area (Å²) in [6.45, 7) is 7.97. The Bertz CT molecular complexity index is 441. The maximum Gasteiger partial charge on any atom is 0.407 e. The van der Waals surface area contributed by atoms with Gasteiger partial charge in [-0.25, -0.2) is 4.79 Å². The first-order valence-corrected chi connectivity index (χ1v) is 9.04. The Morgan fingerprint density at radius 2 is 1.73 bits per heavy atom. The smallest absolute Gasteiger partial charge is 0.407 e. The molecular weight excluding hydrogens is 296 g/mol. The lowest BCUT2D eigenvalue weighted by Crippen LogP contribution is -2.32. The molecule has 1 aromatic rings. The van der Waals surface area contributed by atoms with Crippen LogP contribution in [0.25, 0.3) is 0 Å². The number of carbonyl (C=O) groups excluding carboxylic acids is 1. The third-order valence-corrected chi connectivity index (χ3v) is 3.59. The molecule has 0 aliphatic carbocycles. The van der Waals surface area contributed by atoms with Crippen molar-refractivity contribution >= 4 is 17.9 Å². The van der Waals surface area contributed by atoms with Gasteiger partial charge in [-0.05, 0) is 56.9 Å². The number of nitrogens with one attached hydrogen (secondary N) is 2. The number of hydrogen-bond acceptors (Lipinski definition) is 4. The van der Waals surface area contributed by atoms with Crippen LogP contribution in [0.2, 0.25) is 0 Å². The molecule has 0 aliphatic heterocycles. The van der Waals surface area contributed by atoms with E-state index in [0.717, 1.165) is 18.7 Å². The van der Waals surface area contributed by atoms with E-state index >= 15 is 0 Å². The molecule has 124 valence electrons. The number of ether oxygens (including phenoxy) is 1. The fourth-order valence-corrected chi connectivity index (χ4v) is 2.27. The van der Waals surface area contributed by atoms with E-state index in [1.165, 1.54) is 17.7 Å². The number of rotatable bonds is 8. The Balaban J connectivity index is 2.28. The van der Waals surface area contributed by atoms with E-state index in [0.29, 0.717) is 6.54 Å². The van der Waals surface area contributed by atoms with E-state index in [9.17, 15) is 4.79 Å². The van der Waals surface area contributed by atoms with Crippen LogP contribution in [0.15, 0.2) is 24.3 Å². The van der Waals surface area contributed by atoms with E-state index < -0.39 is 5.60 Å². The van der Waals surface area contributed by atoms with Crippen LogP contribution in [0.3, 0.4) is 0 Å². The minimum absolute atomic E-state index is 0.382. The van der Waals surface area contributed by atoms with Crippen molar-refractivity contribution in [3.63, 3.8) is 0 Å². The van der Waals surface area contributed by atoms with Crippen molar-refractivity contribution in [3.05, 3.63) is 35.4 Å². The standard InChI is InChI=1S/C17H28N2O2S/c1-17(2,3)21-16(20)19-13-15-8-6-14(7-9-15)12-18-10-5-11-22-4/h6-9,18H,5,10-13H2,1-4H3,(H,19,20). The number of hydrogen-bond donors (Lipinski definition) is 2. The van der Waals surface area contributed by atoms with Crippen LogP contribution in [0.1, 0.15) is 38.3 Å². The normalized spacial score (nSPS) is 11.3. The van der Waals surface area contributed by atoms with Crippen LogP contribution < -0.4 is 10.6 Å². The zero-order chi connectivity index (χ0) is 16.4. The van der Waals surface area contributed by atoms with Crippen molar-refractivity contribution in [2.24, 2.45) is 0 Å². The molecule has 2 N–H and O–H groups in total. The first kappa shape index (κ1) is 18.8. The third-order valence-electron chi connectivity index (χ3n) is 2.89. The molecule has 1 rings (SSSR count). The summed E-state index contributed by atoms with van der Waals surface area (Å²) < 4.78 is 5.21. The lowest BCUT2D eigenvalue weighted by Gasteiger charge is -2.19. The zero-order valence-electron chi connectivity index (χ0n) is 14.1. The Labute approximate surface area is 138 Å². The van der Waals surface area contributed by atoms with Crippen molar-refractivity contribution in [1.29, 1.82) is 0 Å². The number of thioether (sulfide) groups is 1. The molecule has 0 bridgehead atoms. The van der Waals surface area contributed by atoms with Gasteiger partial charge in [0, 0.05) is 13.1 Å². The summed E-state index contributed by atoms with van der Waals surface area (Å²) in [6.07, 6.45) is 2.94. The summed E-state index contributed by atoms with van der Waals surface area (Å²) in [5.41, 5.74) is 1.86. The highest BCUT2D eigenvalue weighted by molar-refractivity contribution is 7.98. The summed E-state index contributed by atoms with van der Waals surface area (Å²) in [4.78, 5) is 11.6. The molecule has 1 amide bonds. The molecule has 0 unspecified atom stereocenters. The number of benzene rings is 1. The third kappa shape index (κ3) is 8.95. The molecule has 0 atom stereocenters. The molecule has 0 aliphatic rings. The second-order valence-electron chi connectivity index (χ2n) is 6.20. The molecular formula is C17H28N2O2S. The first-order chi connectivity index (χ1) is 10.4. The van der Waals surface area contributed by atoms with Crippen LogP contribution in [0.5, 0.6) is 0 Å². The summed E-state index contributed by atoms with van der Waals surface area (Å²) >= 11 is 1.88. The molecule has 1 aromatic carbocycles. The number of amides is 1. The van der Waals surface area contributed by atoms with Crippen LogP contribution in [0.4, 0.5) is 4.79 Å². The van der Waals surface area contributed by atoms with Gasteiger partial charge in [-0.2, -0.15) is 11.8 Å². The summed E-state index contributed by atoms with van der Waals surface area (Å²) in [5.74, 6) is 1.20. The van der Waals surface area contributed by atoms with Crippen molar-refractivity contribution in [2.75, 3.05) is 18.6 Å². The Morgan fingerprint density at radius 1 is 1.14 bits per heavy atom. The Hall–Kier alpha value is -1.20. The van der Waals surface area contributed by atoms with Gasteiger partial charge in [0.25, 0.3) is 0 Å². The molecule has 0 radical (unpaired) electrons. The van der Waals surface area contributed by atoms with E-state index in [4.69, 9.17) is 4.74 Å². The quantitative estimate of drug-likeness (QED) is 0.718. The summed E-state index contributed by atoms with van der Waals surface area (Å²) in [7, 11) is 0. The lowest BCUT2D eigenvalue weighted by atomic mass is 10.1. The number of carbonyl (C=O) groups is 1. The molecule has 5 heteroatoms. The van der Waals surface area contributed by atoms with Gasteiger partial charge >= 0.3 is 6.09 Å². The van der Waals surface area contributed by atoms with E-state index in [1.807, 2.05) is 44.7 Å².